The van der Waals surface area contributed by atoms with E-state index in [1.54, 1.807) is 0 Å². The molecule has 0 spiro atoms. The second-order valence-corrected chi connectivity index (χ2v) is 6.67. The first-order valence-electron chi connectivity index (χ1n) is 7.18. The van der Waals surface area contributed by atoms with Crippen molar-refractivity contribution >= 4 is 15.9 Å². The molecule has 1 aliphatic heterocycles. The van der Waals surface area contributed by atoms with E-state index in [2.05, 4.69) is 57.3 Å². The van der Waals surface area contributed by atoms with E-state index in [1.807, 2.05) is 18.7 Å². The molecule has 0 aromatic carbocycles. The van der Waals surface area contributed by atoms with Gasteiger partial charge in [-0.25, -0.2) is 0 Å². The van der Waals surface area contributed by atoms with Crippen molar-refractivity contribution < 1.29 is 0 Å². The first-order chi connectivity index (χ1) is 9.43. The second kappa shape index (κ2) is 6.56. The third kappa shape index (κ3) is 3.24. The fraction of sp³-hybridized carbons (Fsp3) is 0.786. The molecule has 0 amide bonds. The number of halogens is 1. The highest BCUT2D eigenvalue weighted by atomic mass is 79.9. The first-order valence-corrected chi connectivity index (χ1v) is 7.97. The summed E-state index contributed by atoms with van der Waals surface area (Å²) < 4.78 is 3.14. The highest BCUT2D eigenvalue weighted by Crippen LogP contribution is 2.23. The zero-order valence-corrected chi connectivity index (χ0v) is 14.7. The molecule has 2 unspecified atom stereocenters. The van der Waals surface area contributed by atoms with Crippen molar-refractivity contribution in [2.75, 3.05) is 40.8 Å². The van der Waals surface area contributed by atoms with Gasteiger partial charge in [-0.1, -0.05) is 0 Å². The van der Waals surface area contributed by atoms with E-state index in [0.29, 0.717) is 12.1 Å². The third-order valence-electron chi connectivity index (χ3n) is 4.41. The monoisotopic (exact) mass is 343 g/mol. The molecule has 6 heteroatoms. The minimum Gasteiger partial charge on any atom is -0.315 e. The average molecular weight is 344 g/mol. The lowest BCUT2D eigenvalue weighted by Gasteiger charge is -2.42. The van der Waals surface area contributed by atoms with Crippen LogP contribution in [0.5, 0.6) is 0 Å². The van der Waals surface area contributed by atoms with Gasteiger partial charge in [0.25, 0.3) is 0 Å². The van der Waals surface area contributed by atoms with Crippen LogP contribution in [-0.4, -0.2) is 72.4 Å². The maximum Gasteiger partial charge on any atom is 0.0738 e. The van der Waals surface area contributed by atoms with Gasteiger partial charge in [0.1, 0.15) is 0 Å². The lowest BCUT2D eigenvalue weighted by atomic mass is 9.99. The maximum atomic E-state index is 4.50. The number of aryl methyl sites for hydroxylation is 2. The van der Waals surface area contributed by atoms with Crippen LogP contribution in [0.3, 0.4) is 0 Å². The number of hydrogen-bond acceptors (Lipinski definition) is 4. The molecule has 1 saturated heterocycles. The van der Waals surface area contributed by atoms with Crippen LogP contribution in [-0.2, 0) is 13.5 Å². The number of nitrogens with one attached hydrogen (secondary N) is 1. The Bertz CT molecular complexity index is 459. The van der Waals surface area contributed by atoms with Crippen molar-refractivity contribution in [3.8, 4) is 0 Å². The quantitative estimate of drug-likeness (QED) is 0.879. The zero-order valence-electron chi connectivity index (χ0n) is 13.1. The number of nitrogens with zero attached hydrogens (tertiary/aromatic N) is 4. The predicted molar refractivity (Wildman–Crippen MR) is 86.1 cm³/mol. The summed E-state index contributed by atoms with van der Waals surface area (Å²) in [6, 6.07) is 0.953. The summed E-state index contributed by atoms with van der Waals surface area (Å²) in [6.45, 7) is 5.43. The molecule has 2 rings (SSSR count). The highest BCUT2D eigenvalue weighted by molar-refractivity contribution is 9.10. The highest BCUT2D eigenvalue weighted by Gasteiger charge is 2.30. The fourth-order valence-electron chi connectivity index (χ4n) is 3.02. The van der Waals surface area contributed by atoms with E-state index >= 15 is 0 Å². The van der Waals surface area contributed by atoms with Gasteiger partial charge in [0.2, 0.25) is 0 Å². The Balaban J connectivity index is 2.15. The van der Waals surface area contributed by atoms with Gasteiger partial charge in [-0.3, -0.25) is 9.58 Å². The van der Waals surface area contributed by atoms with Gasteiger partial charge >= 0.3 is 0 Å². The van der Waals surface area contributed by atoms with Crippen LogP contribution < -0.4 is 5.32 Å². The normalized spacial score (nSPS) is 23.2. The average Bonchev–Trinajstić information content (AvgIpc) is 2.65. The number of hydrogen-bond donors (Lipinski definition) is 1. The van der Waals surface area contributed by atoms with Gasteiger partial charge in [-0.2, -0.15) is 5.10 Å². The molecule has 114 valence electrons. The lowest BCUT2D eigenvalue weighted by molar-refractivity contribution is 0.0892. The molecule has 0 aliphatic carbocycles. The smallest absolute Gasteiger partial charge is 0.0738 e. The minimum atomic E-state index is 0.425. The van der Waals surface area contributed by atoms with Gasteiger partial charge in [0.05, 0.1) is 15.9 Å². The lowest BCUT2D eigenvalue weighted by Crippen LogP contribution is -2.58. The Morgan fingerprint density at radius 2 is 2.05 bits per heavy atom. The van der Waals surface area contributed by atoms with E-state index in [1.165, 1.54) is 5.69 Å². The van der Waals surface area contributed by atoms with Crippen molar-refractivity contribution in [1.82, 2.24) is 24.9 Å². The second-order valence-electron chi connectivity index (χ2n) is 5.88. The maximum absolute atomic E-state index is 4.50. The summed E-state index contributed by atoms with van der Waals surface area (Å²) in [6.07, 6.45) is 0.983. The van der Waals surface area contributed by atoms with Crippen LogP contribution in [0.25, 0.3) is 0 Å². The van der Waals surface area contributed by atoms with Crippen molar-refractivity contribution in [1.29, 1.82) is 0 Å². The van der Waals surface area contributed by atoms with Gasteiger partial charge in [-0.05, 0) is 44.0 Å². The molecule has 1 N–H and O–H groups in total. The molecular formula is C14H26BrN5. The minimum absolute atomic E-state index is 0.425. The molecule has 2 heterocycles. The third-order valence-corrected chi connectivity index (χ3v) is 5.44. The summed E-state index contributed by atoms with van der Waals surface area (Å²) in [4.78, 5) is 4.89. The standard InChI is InChI=1S/C14H26BrN5/c1-10-14(15)12(20(5)17-10)8-11(16-2)13-9-18(3)6-7-19(13)4/h11,13,16H,6-9H2,1-5H3. The molecule has 20 heavy (non-hydrogen) atoms. The summed E-state index contributed by atoms with van der Waals surface area (Å²) in [7, 11) is 8.52. The fourth-order valence-corrected chi connectivity index (χ4v) is 3.52. The molecular weight excluding hydrogens is 318 g/mol. The van der Waals surface area contributed by atoms with E-state index in [4.69, 9.17) is 0 Å². The summed E-state index contributed by atoms with van der Waals surface area (Å²) in [5, 5.41) is 8.00. The largest absolute Gasteiger partial charge is 0.315 e. The van der Waals surface area contributed by atoms with Crippen LogP contribution in [0.4, 0.5) is 0 Å². The SMILES string of the molecule is CNC(Cc1c(Br)c(C)nn1C)C1CN(C)CCN1C. The van der Waals surface area contributed by atoms with Crippen LogP contribution in [0.15, 0.2) is 4.47 Å². The molecule has 0 saturated carbocycles. The summed E-state index contributed by atoms with van der Waals surface area (Å²) >= 11 is 3.67. The summed E-state index contributed by atoms with van der Waals surface area (Å²) in [5.74, 6) is 0. The first kappa shape index (κ1) is 15.9. The van der Waals surface area contributed by atoms with Gasteiger partial charge in [0.15, 0.2) is 0 Å². The van der Waals surface area contributed by atoms with Crippen molar-refractivity contribution in [2.45, 2.75) is 25.4 Å². The van der Waals surface area contributed by atoms with E-state index in [9.17, 15) is 0 Å². The number of likely N-dealkylation sites (N-methyl/N-ethyl adjacent to an activating group) is 3. The molecule has 1 fully saturated rings. The van der Waals surface area contributed by atoms with Crippen LogP contribution in [0.1, 0.15) is 11.4 Å². The Morgan fingerprint density at radius 3 is 2.60 bits per heavy atom. The topological polar surface area (TPSA) is 36.3 Å². The Kier molecular flexibility index (Phi) is 5.23. The Labute approximate surface area is 130 Å². The van der Waals surface area contributed by atoms with Crippen molar-refractivity contribution in [2.24, 2.45) is 7.05 Å². The van der Waals surface area contributed by atoms with Gasteiger partial charge in [0, 0.05) is 45.2 Å². The van der Waals surface area contributed by atoms with Crippen molar-refractivity contribution in [3.63, 3.8) is 0 Å². The predicted octanol–water partition coefficient (Wildman–Crippen LogP) is 0.867. The molecule has 1 aromatic heterocycles. The molecule has 2 atom stereocenters. The number of rotatable bonds is 4. The van der Waals surface area contributed by atoms with E-state index in [0.717, 1.165) is 36.2 Å². The van der Waals surface area contributed by atoms with E-state index < -0.39 is 0 Å². The van der Waals surface area contributed by atoms with Gasteiger partial charge < -0.3 is 10.2 Å². The van der Waals surface area contributed by atoms with Crippen LogP contribution in [0.2, 0.25) is 0 Å². The van der Waals surface area contributed by atoms with E-state index in [-0.39, 0.29) is 0 Å². The summed E-state index contributed by atoms with van der Waals surface area (Å²) in [5.41, 5.74) is 2.33. The number of piperazine rings is 1. The molecule has 5 nitrogen and oxygen atoms in total. The van der Waals surface area contributed by atoms with Crippen molar-refractivity contribution in [3.05, 3.63) is 15.9 Å². The molecule has 0 radical (unpaired) electrons. The van der Waals surface area contributed by atoms with Crippen LogP contribution >= 0.6 is 15.9 Å². The Hall–Kier alpha value is -0.430. The van der Waals surface area contributed by atoms with Crippen LogP contribution in [0, 0.1) is 6.92 Å². The molecule has 1 aromatic rings. The zero-order chi connectivity index (χ0) is 14.9. The number of aromatic nitrogens is 2. The van der Waals surface area contributed by atoms with Gasteiger partial charge in [-0.15, -0.1) is 0 Å². The molecule has 1 aliphatic rings. The Morgan fingerprint density at radius 1 is 1.35 bits per heavy atom. The molecule has 0 bridgehead atoms.